The predicted molar refractivity (Wildman–Crippen MR) is 77.3 cm³/mol. The van der Waals surface area contributed by atoms with Crippen LogP contribution in [0.5, 0.6) is 0 Å². The highest BCUT2D eigenvalue weighted by Gasteiger charge is 2.18. The van der Waals surface area contributed by atoms with Crippen molar-refractivity contribution in [3.63, 3.8) is 0 Å². The predicted octanol–water partition coefficient (Wildman–Crippen LogP) is 1.94. The number of amides is 1. The molecule has 2 N–H and O–H groups in total. The topological polar surface area (TPSA) is 66.4 Å². The summed E-state index contributed by atoms with van der Waals surface area (Å²) >= 11 is 1.57. The van der Waals surface area contributed by atoms with Crippen LogP contribution in [0.2, 0.25) is 0 Å². The van der Waals surface area contributed by atoms with Crippen LogP contribution in [0.3, 0.4) is 0 Å². The fraction of sp³-hybridized carbons (Fsp3) is 0.429. The van der Waals surface area contributed by atoms with Crippen molar-refractivity contribution in [2.75, 3.05) is 12.0 Å². The molecule has 1 aromatic carbocycles. The fourth-order valence-corrected chi connectivity index (χ4v) is 2.13. The molecular formula is C14H19NO3S. The van der Waals surface area contributed by atoms with Crippen molar-refractivity contribution in [1.29, 1.82) is 0 Å². The zero-order chi connectivity index (χ0) is 14.1. The Morgan fingerprint density at radius 2 is 2.00 bits per heavy atom. The molecule has 104 valence electrons. The first kappa shape index (κ1) is 15.6. The number of benzene rings is 1. The molecule has 0 spiro atoms. The van der Waals surface area contributed by atoms with Crippen LogP contribution < -0.4 is 5.32 Å². The van der Waals surface area contributed by atoms with Gasteiger partial charge in [0.05, 0.1) is 0 Å². The lowest BCUT2D eigenvalue weighted by Crippen LogP contribution is -2.41. The van der Waals surface area contributed by atoms with Gasteiger partial charge in [-0.3, -0.25) is 4.79 Å². The van der Waals surface area contributed by atoms with E-state index in [0.717, 1.165) is 11.3 Å². The van der Waals surface area contributed by atoms with E-state index in [1.807, 2.05) is 36.6 Å². The average Bonchev–Trinajstić information content (AvgIpc) is 2.42. The van der Waals surface area contributed by atoms with Gasteiger partial charge in [0.1, 0.15) is 6.04 Å². The van der Waals surface area contributed by atoms with E-state index in [0.29, 0.717) is 19.3 Å². The second kappa shape index (κ2) is 8.58. The van der Waals surface area contributed by atoms with E-state index in [2.05, 4.69) is 5.32 Å². The van der Waals surface area contributed by atoms with Gasteiger partial charge in [-0.2, -0.15) is 11.8 Å². The third-order valence-corrected chi connectivity index (χ3v) is 3.37. The van der Waals surface area contributed by atoms with Crippen LogP contribution in [0, 0.1) is 0 Å². The maximum atomic E-state index is 11.7. The Morgan fingerprint density at radius 3 is 2.58 bits per heavy atom. The van der Waals surface area contributed by atoms with Crippen molar-refractivity contribution in [3.05, 3.63) is 35.9 Å². The van der Waals surface area contributed by atoms with Crippen LogP contribution in [0.4, 0.5) is 0 Å². The summed E-state index contributed by atoms with van der Waals surface area (Å²) in [5, 5.41) is 11.6. The summed E-state index contributed by atoms with van der Waals surface area (Å²) in [6.45, 7) is 0. The van der Waals surface area contributed by atoms with Crippen molar-refractivity contribution in [2.24, 2.45) is 0 Å². The second-order valence-corrected chi connectivity index (χ2v) is 5.21. The highest BCUT2D eigenvalue weighted by Crippen LogP contribution is 2.04. The van der Waals surface area contributed by atoms with Gasteiger partial charge in [0.2, 0.25) is 5.91 Å². The first-order chi connectivity index (χ1) is 9.13. The zero-order valence-electron chi connectivity index (χ0n) is 11.0. The molecular weight excluding hydrogens is 262 g/mol. The van der Waals surface area contributed by atoms with Gasteiger partial charge in [-0.15, -0.1) is 0 Å². The standard InChI is InChI=1S/C14H19NO3S/c1-19-10-9-12(14(17)18)15-13(16)8-7-11-5-3-2-4-6-11/h2-6,12H,7-10H2,1H3,(H,15,16)(H,17,18). The van der Waals surface area contributed by atoms with E-state index in [1.54, 1.807) is 11.8 Å². The quantitative estimate of drug-likeness (QED) is 0.764. The number of aliphatic carboxylic acids is 1. The third-order valence-electron chi connectivity index (χ3n) is 2.73. The third kappa shape index (κ3) is 6.29. The molecule has 0 aliphatic carbocycles. The van der Waals surface area contributed by atoms with Crippen LogP contribution in [0.15, 0.2) is 30.3 Å². The number of hydrogen-bond donors (Lipinski definition) is 2. The van der Waals surface area contributed by atoms with E-state index < -0.39 is 12.0 Å². The van der Waals surface area contributed by atoms with Crippen molar-refractivity contribution in [2.45, 2.75) is 25.3 Å². The van der Waals surface area contributed by atoms with Crippen molar-refractivity contribution < 1.29 is 14.7 Å². The summed E-state index contributed by atoms with van der Waals surface area (Å²) in [4.78, 5) is 22.7. The molecule has 1 rings (SSSR count). The largest absolute Gasteiger partial charge is 0.480 e. The number of carboxylic acids is 1. The molecule has 1 amide bonds. The van der Waals surface area contributed by atoms with Crippen molar-refractivity contribution in [1.82, 2.24) is 5.32 Å². The summed E-state index contributed by atoms with van der Waals surface area (Å²) in [6.07, 6.45) is 3.30. The molecule has 5 heteroatoms. The number of carbonyl (C=O) groups excluding carboxylic acids is 1. The van der Waals surface area contributed by atoms with E-state index in [9.17, 15) is 9.59 Å². The molecule has 0 aliphatic rings. The van der Waals surface area contributed by atoms with Gasteiger partial charge in [0, 0.05) is 6.42 Å². The van der Waals surface area contributed by atoms with Gasteiger partial charge in [-0.25, -0.2) is 4.79 Å². The summed E-state index contributed by atoms with van der Waals surface area (Å²) in [5.41, 5.74) is 1.08. The van der Waals surface area contributed by atoms with E-state index >= 15 is 0 Å². The molecule has 0 heterocycles. The summed E-state index contributed by atoms with van der Waals surface area (Å²) in [6, 6.07) is 8.89. The Labute approximate surface area is 117 Å². The first-order valence-corrected chi connectivity index (χ1v) is 7.58. The van der Waals surface area contributed by atoms with Gasteiger partial charge in [-0.1, -0.05) is 30.3 Å². The van der Waals surface area contributed by atoms with Crippen LogP contribution >= 0.6 is 11.8 Å². The number of nitrogens with one attached hydrogen (secondary N) is 1. The van der Waals surface area contributed by atoms with Gasteiger partial charge >= 0.3 is 5.97 Å². The smallest absolute Gasteiger partial charge is 0.326 e. The Balaban J connectivity index is 2.38. The lowest BCUT2D eigenvalue weighted by atomic mass is 10.1. The van der Waals surface area contributed by atoms with Crippen molar-refractivity contribution in [3.8, 4) is 0 Å². The molecule has 4 nitrogen and oxygen atoms in total. The Morgan fingerprint density at radius 1 is 1.32 bits per heavy atom. The van der Waals surface area contributed by atoms with Crippen molar-refractivity contribution >= 4 is 23.6 Å². The minimum atomic E-state index is -0.970. The molecule has 0 bridgehead atoms. The van der Waals surface area contributed by atoms with Gasteiger partial charge < -0.3 is 10.4 Å². The second-order valence-electron chi connectivity index (χ2n) is 4.23. The fourth-order valence-electron chi connectivity index (χ4n) is 1.66. The molecule has 0 aromatic heterocycles. The number of carboxylic acid groups (broad SMARTS) is 1. The minimum absolute atomic E-state index is 0.211. The highest BCUT2D eigenvalue weighted by atomic mass is 32.2. The molecule has 19 heavy (non-hydrogen) atoms. The maximum absolute atomic E-state index is 11.7. The monoisotopic (exact) mass is 281 g/mol. The Hall–Kier alpha value is -1.49. The van der Waals surface area contributed by atoms with Crippen LogP contribution in [0.1, 0.15) is 18.4 Å². The molecule has 0 aliphatic heterocycles. The minimum Gasteiger partial charge on any atom is -0.480 e. The van der Waals surface area contributed by atoms with Crippen LogP contribution in [-0.4, -0.2) is 35.0 Å². The number of carbonyl (C=O) groups is 2. The van der Waals surface area contributed by atoms with E-state index in [-0.39, 0.29) is 5.91 Å². The summed E-state index contributed by atoms with van der Waals surface area (Å²) < 4.78 is 0. The molecule has 0 radical (unpaired) electrons. The molecule has 1 atom stereocenters. The average molecular weight is 281 g/mol. The number of rotatable bonds is 8. The lowest BCUT2D eigenvalue weighted by Gasteiger charge is -2.13. The number of thioether (sulfide) groups is 1. The number of hydrogen-bond acceptors (Lipinski definition) is 3. The van der Waals surface area contributed by atoms with E-state index in [4.69, 9.17) is 5.11 Å². The Bertz CT molecular complexity index is 408. The zero-order valence-corrected chi connectivity index (χ0v) is 11.8. The maximum Gasteiger partial charge on any atom is 0.326 e. The van der Waals surface area contributed by atoms with Gasteiger partial charge in [0.25, 0.3) is 0 Å². The Kier molecular flexibility index (Phi) is 7.03. The number of aryl methyl sites for hydroxylation is 1. The lowest BCUT2D eigenvalue weighted by molar-refractivity contribution is -0.141. The molecule has 0 saturated carbocycles. The van der Waals surface area contributed by atoms with Crippen LogP contribution in [0.25, 0.3) is 0 Å². The molecule has 1 aromatic rings. The summed E-state index contributed by atoms with van der Waals surface area (Å²) in [5.74, 6) is -0.463. The molecule has 0 fully saturated rings. The van der Waals surface area contributed by atoms with E-state index in [1.165, 1.54) is 0 Å². The van der Waals surface area contributed by atoms with Gasteiger partial charge in [-0.05, 0) is 30.4 Å². The summed E-state index contributed by atoms with van der Waals surface area (Å²) in [7, 11) is 0. The molecule has 1 unspecified atom stereocenters. The first-order valence-electron chi connectivity index (χ1n) is 6.18. The van der Waals surface area contributed by atoms with Crippen LogP contribution in [-0.2, 0) is 16.0 Å². The highest BCUT2D eigenvalue weighted by molar-refractivity contribution is 7.98. The SMILES string of the molecule is CSCCC(NC(=O)CCc1ccccc1)C(=O)O. The van der Waals surface area contributed by atoms with Gasteiger partial charge in [0.15, 0.2) is 0 Å². The molecule has 0 saturated heterocycles. The normalized spacial score (nSPS) is 11.8.